The Labute approximate surface area is 173 Å². The second-order valence-corrected chi connectivity index (χ2v) is 7.22. The molecule has 152 valence electrons. The molecule has 0 unspecified atom stereocenters. The van der Waals surface area contributed by atoms with E-state index < -0.39 is 0 Å². The zero-order chi connectivity index (χ0) is 20.6. The molecule has 1 N–H and O–H groups in total. The van der Waals surface area contributed by atoms with Gasteiger partial charge >= 0.3 is 0 Å². The van der Waals surface area contributed by atoms with Gasteiger partial charge in [-0.15, -0.1) is 10.2 Å². The lowest BCUT2D eigenvalue weighted by Gasteiger charge is -2.09. The highest BCUT2D eigenvalue weighted by molar-refractivity contribution is 7.99. The second kappa shape index (κ2) is 10.1. The molecular weight excluding hydrogens is 391 g/mol. The smallest absolute Gasteiger partial charge is 0.234 e. The quantitative estimate of drug-likeness (QED) is 0.529. The van der Waals surface area contributed by atoms with Crippen molar-refractivity contribution in [3.8, 4) is 5.75 Å². The first kappa shape index (κ1) is 20.9. The third-order valence-electron chi connectivity index (χ3n) is 4.27. The third-order valence-corrected chi connectivity index (χ3v) is 5.24. The Hall–Kier alpha value is -2.87. The molecule has 0 saturated carbocycles. The number of rotatable bonds is 9. The molecule has 0 bridgehead atoms. The van der Waals surface area contributed by atoms with Gasteiger partial charge in [0, 0.05) is 12.2 Å². The van der Waals surface area contributed by atoms with Gasteiger partial charge in [-0.05, 0) is 55.3 Å². The first-order chi connectivity index (χ1) is 14.1. The molecule has 8 heteroatoms. The summed E-state index contributed by atoms with van der Waals surface area (Å²) in [5.41, 5.74) is 1.81. The van der Waals surface area contributed by atoms with Crippen LogP contribution in [-0.2, 0) is 24.4 Å². The van der Waals surface area contributed by atoms with Crippen LogP contribution < -0.4 is 10.1 Å². The van der Waals surface area contributed by atoms with Gasteiger partial charge in [-0.3, -0.25) is 4.79 Å². The highest BCUT2D eigenvalue weighted by atomic mass is 32.2. The maximum atomic E-state index is 12.9. The number of ether oxygens (including phenoxy) is 1. The van der Waals surface area contributed by atoms with Gasteiger partial charge < -0.3 is 14.6 Å². The van der Waals surface area contributed by atoms with Crippen molar-refractivity contribution in [3.05, 3.63) is 65.7 Å². The summed E-state index contributed by atoms with van der Waals surface area (Å²) >= 11 is 1.30. The van der Waals surface area contributed by atoms with Crippen LogP contribution >= 0.6 is 11.8 Å². The van der Waals surface area contributed by atoms with Crippen LogP contribution in [0.3, 0.4) is 0 Å². The Kier molecular flexibility index (Phi) is 7.24. The Morgan fingerprint density at radius 1 is 1.10 bits per heavy atom. The van der Waals surface area contributed by atoms with E-state index >= 15 is 0 Å². The van der Waals surface area contributed by atoms with Crippen molar-refractivity contribution in [1.29, 1.82) is 0 Å². The topological polar surface area (TPSA) is 69.0 Å². The minimum atomic E-state index is -0.343. The molecule has 3 aromatic rings. The number of amides is 1. The van der Waals surface area contributed by atoms with Crippen molar-refractivity contribution >= 4 is 23.4 Å². The normalized spacial score (nSPS) is 10.7. The van der Waals surface area contributed by atoms with Crippen LogP contribution in [0.4, 0.5) is 10.1 Å². The molecule has 0 aliphatic heterocycles. The van der Waals surface area contributed by atoms with Gasteiger partial charge in [-0.2, -0.15) is 0 Å². The van der Waals surface area contributed by atoms with Gasteiger partial charge in [-0.25, -0.2) is 4.39 Å². The number of benzene rings is 2. The van der Waals surface area contributed by atoms with Crippen LogP contribution in [0.25, 0.3) is 0 Å². The Bertz CT molecular complexity index is 942. The fourth-order valence-corrected chi connectivity index (χ4v) is 3.50. The van der Waals surface area contributed by atoms with Gasteiger partial charge in [0.1, 0.15) is 18.2 Å². The van der Waals surface area contributed by atoms with E-state index in [-0.39, 0.29) is 17.5 Å². The summed E-state index contributed by atoms with van der Waals surface area (Å²) < 4.78 is 20.7. The van der Waals surface area contributed by atoms with Gasteiger partial charge in [0.15, 0.2) is 11.0 Å². The van der Waals surface area contributed by atoms with Crippen LogP contribution in [-0.4, -0.2) is 26.4 Å². The summed E-state index contributed by atoms with van der Waals surface area (Å²) in [6.07, 6.45) is 0.986. The lowest BCUT2D eigenvalue weighted by molar-refractivity contribution is -0.113. The number of carbonyl (C=O) groups is 1. The van der Waals surface area contributed by atoms with Crippen LogP contribution in [0.5, 0.6) is 5.75 Å². The fraction of sp³-hybridized carbons (Fsp3) is 0.286. The van der Waals surface area contributed by atoms with Crippen LogP contribution in [0.2, 0.25) is 0 Å². The number of nitrogens with one attached hydrogen (secondary N) is 1. The molecule has 0 spiro atoms. The summed E-state index contributed by atoms with van der Waals surface area (Å²) in [6.45, 7) is 5.07. The molecule has 0 radical (unpaired) electrons. The first-order valence-electron chi connectivity index (χ1n) is 9.41. The summed E-state index contributed by atoms with van der Waals surface area (Å²) in [5.74, 6) is 1.12. The molecule has 0 aliphatic rings. The maximum Gasteiger partial charge on any atom is 0.234 e. The standard InChI is InChI=1S/C21H23FN4O2S/c1-3-15-5-11-18(12-6-15)28-13-19-24-25-21(26(19)4-2)29-14-20(27)23-17-9-7-16(22)8-10-17/h5-12H,3-4,13-14H2,1-2H3,(H,23,27). The molecule has 6 nitrogen and oxygen atoms in total. The largest absolute Gasteiger partial charge is 0.486 e. The van der Waals surface area contributed by atoms with Gasteiger partial charge in [0.25, 0.3) is 0 Å². The van der Waals surface area contributed by atoms with E-state index in [0.717, 1.165) is 12.2 Å². The molecule has 1 amide bonds. The Balaban J connectivity index is 1.55. The van der Waals surface area contributed by atoms with Crippen LogP contribution in [0.15, 0.2) is 53.7 Å². The summed E-state index contributed by atoms with van der Waals surface area (Å²) in [6, 6.07) is 13.6. The van der Waals surface area contributed by atoms with Crippen molar-refractivity contribution in [2.24, 2.45) is 0 Å². The van der Waals surface area contributed by atoms with Gasteiger partial charge in [-0.1, -0.05) is 30.8 Å². The lowest BCUT2D eigenvalue weighted by Crippen LogP contribution is -2.15. The average molecular weight is 415 g/mol. The average Bonchev–Trinajstić information content (AvgIpc) is 3.14. The Morgan fingerprint density at radius 3 is 2.48 bits per heavy atom. The molecule has 29 heavy (non-hydrogen) atoms. The Morgan fingerprint density at radius 2 is 1.83 bits per heavy atom. The van der Waals surface area contributed by atoms with Gasteiger partial charge in [0.05, 0.1) is 5.75 Å². The van der Waals surface area contributed by atoms with E-state index in [0.29, 0.717) is 29.8 Å². The van der Waals surface area contributed by atoms with Crippen molar-refractivity contribution in [2.45, 2.75) is 38.6 Å². The monoisotopic (exact) mass is 414 g/mol. The zero-order valence-electron chi connectivity index (χ0n) is 16.4. The molecule has 1 aromatic heterocycles. The van der Waals surface area contributed by atoms with Crippen molar-refractivity contribution in [3.63, 3.8) is 0 Å². The summed E-state index contributed by atoms with van der Waals surface area (Å²) in [7, 11) is 0. The molecule has 0 fully saturated rings. The highest BCUT2D eigenvalue weighted by Gasteiger charge is 2.14. The minimum absolute atomic E-state index is 0.175. The van der Waals surface area contributed by atoms with E-state index in [1.807, 2.05) is 35.8 Å². The SMILES string of the molecule is CCc1ccc(OCc2nnc(SCC(=O)Nc3ccc(F)cc3)n2CC)cc1. The van der Waals surface area contributed by atoms with Crippen molar-refractivity contribution in [1.82, 2.24) is 14.8 Å². The number of aryl methyl sites for hydroxylation is 1. The van der Waals surface area contributed by atoms with E-state index in [4.69, 9.17) is 4.74 Å². The molecule has 0 aliphatic carbocycles. The number of anilines is 1. The van der Waals surface area contributed by atoms with Crippen LogP contribution in [0.1, 0.15) is 25.2 Å². The number of aromatic nitrogens is 3. The third kappa shape index (κ3) is 5.80. The van der Waals surface area contributed by atoms with E-state index in [1.54, 1.807) is 0 Å². The highest BCUT2D eigenvalue weighted by Crippen LogP contribution is 2.20. The number of hydrogen-bond acceptors (Lipinski definition) is 5. The second-order valence-electron chi connectivity index (χ2n) is 6.27. The van der Waals surface area contributed by atoms with Crippen molar-refractivity contribution < 1.29 is 13.9 Å². The predicted octanol–water partition coefficient (Wildman–Crippen LogP) is 4.31. The first-order valence-corrected chi connectivity index (χ1v) is 10.4. The molecule has 1 heterocycles. The van der Waals surface area contributed by atoms with Crippen molar-refractivity contribution in [2.75, 3.05) is 11.1 Å². The number of thioether (sulfide) groups is 1. The molecule has 3 rings (SSSR count). The van der Waals surface area contributed by atoms with Gasteiger partial charge in [0.2, 0.25) is 5.91 Å². The predicted molar refractivity (Wildman–Crippen MR) is 112 cm³/mol. The van der Waals surface area contributed by atoms with Crippen LogP contribution in [0, 0.1) is 5.82 Å². The number of carbonyl (C=O) groups excluding carboxylic acids is 1. The molecule has 2 aromatic carbocycles. The molecular formula is C21H23FN4O2S. The summed E-state index contributed by atoms with van der Waals surface area (Å²) in [5, 5.41) is 11.8. The maximum absolute atomic E-state index is 12.9. The van der Waals surface area contributed by atoms with E-state index in [2.05, 4.69) is 22.4 Å². The minimum Gasteiger partial charge on any atom is -0.486 e. The zero-order valence-corrected chi connectivity index (χ0v) is 17.2. The number of halogens is 1. The summed E-state index contributed by atoms with van der Waals surface area (Å²) in [4.78, 5) is 12.1. The lowest BCUT2D eigenvalue weighted by atomic mass is 10.2. The fourth-order valence-electron chi connectivity index (χ4n) is 2.68. The molecule has 0 atom stereocenters. The molecule has 0 saturated heterocycles. The number of nitrogens with zero attached hydrogens (tertiary/aromatic N) is 3. The van der Waals surface area contributed by atoms with E-state index in [9.17, 15) is 9.18 Å². The number of hydrogen-bond donors (Lipinski definition) is 1. The van der Waals surface area contributed by atoms with E-state index in [1.165, 1.54) is 41.6 Å².